The maximum absolute atomic E-state index is 13.1. The number of anilines is 2. The molecule has 29 heavy (non-hydrogen) atoms. The van der Waals surface area contributed by atoms with Crippen molar-refractivity contribution in [1.82, 2.24) is 9.55 Å². The van der Waals surface area contributed by atoms with Crippen LogP contribution >= 0.6 is 11.3 Å². The molecule has 2 aromatic heterocycles. The quantitative estimate of drug-likeness (QED) is 0.642. The van der Waals surface area contributed by atoms with E-state index in [2.05, 4.69) is 24.5 Å². The molecule has 0 aliphatic carbocycles. The summed E-state index contributed by atoms with van der Waals surface area (Å²) in [5.74, 6) is 1.46. The Bertz CT molecular complexity index is 1130. The van der Waals surface area contributed by atoms with Gasteiger partial charge in [0.25, 0.3) is 5.56 Å². The molecule has 3 heterocycles. The second-order valence-corrected chi connectivity index (χ2v) is 8.74. The van der Waals surface area contributed by atoms with Gasteiger partial charge in [0.15, 0.2) is 0 Å². The molecule has 152 valence electrons. The lowest BCUT2D eigenvalue weighted by Gasteiger charge is -2.10. The van der Waals surface area contributed by atoms with E-state index in [0.717, 1.165) is 48.3 Å². The van der Waals surface area contributed by atoms with Gasteiger partial charge in [-0.1, -0.05) is 43.4 Å². The van der Waals surface area contributed by atoms with Crippen LogP contribution in [0.4, 0.5) is 15.5 Å². The molecule has 0 saturated heterocycles. The van der Waals surface area contributed by atoms with Crippen molar-refractivity contribution < 1.29 is 4.79 Å². The molecule has 3 aromatic rings. The summed E-state index contributed by atoms with van der Waals surface area (Å²) in [6.07, 6.45) is 3.70. The number of nitrogens with zero attached hydrogens (tertiary/aromatic N) is 2. The van der Waals surface area contributed by atoms with Crippen LogP contribution in [0.2, 0.25) is 0 Å². The number of hydrogen-bond donors (Lipinski definition) is 2. The Morgan fingerprint density at radius 1 is 1.28 bits per heavy atom. The van der Waals surface area contributed by atoms with Crippen LogP contribution in [0.5, 0.6) is 0 Å². The van der Waals surface area contributed by atoms with Gasteiger partial charge in [-0.15, -0.1) is 0 Å². The van der Waals surface area contributed by atoms with Crippen molar-refractivity contribution in [2.45, 2.75) is 53.0 Å². The Hall–Kier alpha value is -2.67. The van der Waals surface area contributed by atoms with E-state index in [-0.39, 0.29) is 11.6 Å². The molecule has 0 spiro atoms. The normalized spacial score (nSPS) is 16.3. The van der Waals surface area contributed by atoms with E-state index in [4.69, 9.17) is 4.98 Å². The largest absolute Gasteiger partial charge is 0.324 e. The second-order valence-electron chi connectivity index (χ2n) is 7.74. The van der Waals surface area contributed by atoms with Crippen LogP contribution in [0.3, 0.4) is 0 Å². The first-order valence-corrected chi connectivity index (χ1v) is 11.0. The number of amides is 2. The number of aromatic nitrogens is 2. The number of hydrogen-bond acceptors (Lipinski definition) is 4. The summed E-state index contributed by atoms with van der Waals surface area (Å²) in [7, 11) is 0. The fourth-order valence-corrected chi connectivity index (χ4v) is 4.96. The second kappa shape index (κ2) is 7.99. The SMILES string of the molecule is CCc1ccccc1NC(=O)Nc1sc2nc3n(c(=O)c2c1C)CCC(C)CC3. The minimum Gasteiger partial charge on any atom is -0.307 e. The van der Waals surface area contributed by atoms with E-state index in [1.807, 2.05) is 35.8 Å². The Kier molecular flexibility index (Phi) is 5.41. The topological polar surface area (TPSA) is 76.0 Å². The lowest BCUT2D eigenvalue weighted by Crippen LogP contribution is -2.24. The van der Waals surface area contributed by atoms with E-state index < -0.39 is 0 Å². The van der Waals surface area contributed by atoms with E-state index in [0.29, 0.717) is 27.7 Å². The van der Waals surface area contributed by atoms with Crippen LogP contribution in [0.1, 0.15) is 43.6 Å². The zero-order valence-electron chi connectivity index (χ0n) is 17.0. The minimum atomic E-state index is -0.309. The summed E-state index contributed by atoms with van der Waals surface area (Å²) < 4.78 is 1.83. The maximum Gasteiger partial charge on any atom is 0.324 e. The molecular formula is C22H26N4O2S. The lowest BCUT2D eigenvalue weighted by molar-refractivity contribution is 0.262. The molecule has 7 heteroatoms. The number of aryl methyl sites for hydroxylation is 3. The minimum absolute atomic E-state index is 0.0117. The fraction of sp³-hybridized carbons (Fsp3) is 0.409. The van der Waals surface area contributed by atoms with Gasteiger partial charge < -0.3 is 5.32 Å². The third kappa shape index (κ3) is 3.79. The van der Waals surface area contributed by atoms with Gasteiger partial charge in [-0.2, -0.15) is 0 Å². The zero-order valence-corrected chi connectivity index (χ0v) is 17.9. The number of fused-ring (bicyclic) bond motifs is 2. The standard InChI is InChI=1S/C22H26N4O2S/c1-4-15-7-5-6-8-16(15)23-22(28)25-19-14(3)18-20(29-19)24-17-10-9-13(2)11-12-26(17)21(18)27/h5-8,13H,4,9-12H2,1-3H3,(H2,23,25,28). The zero-order chi connectivity index (χ0) is 20.5. The van der Waals surface area contributed by atoms with Gasteiger partial charge in [-0.3, -0.25) is 14.7 Å². The van der Waals surface area contributed by atoms with Gasteiger partial charge in [-0.25, -0.2) is 9.78 Å². The third-order valence-electron chi connectivity index (χ3n) is 5.71. The van der Waals surface area contributed by atoms with Gasteiger partial charge >= 0.3 is 6.03 Å². The fourth-order valence-electron chi connectivity index (χ4n) is 3.88. The Morgan fingerprint density at radius 3 is 2.86 bits per heavy atom. The first-order chi connectivity index (χ1) is 14.0. The number of benzene rings is 1. The van der Waals surface area contributed by atoms with Crippen molar-refractivity contribution in [3.8, 4) is 0 Å². The molecular weight excluding hydrogens is 384 g/mol. The molecule has 0 saturated carbocycles. The van der Waals surface area contributed by atoms with E-state index in [9.17, 15) is 9.59 Å². The van der Waals surface area contributed by atoms with E-state index in [1.54, 1.807) is 0 Å². The van der Waals surface area contributed by atoms with Crippen molar-refractivity contribution in [1.29, 1.82) is 0 Å². The van der Waals surface area contributed by atoms with Gasteiger partial charge in [-0.05, 0) is 49.3 Å². The molecule has 1 aliphatic heterocycles. The molecule has 1 atom stereocenters. The van der Waals surface area contributed by atoms with Crippen molar-refractivity contribution in [2.75, 3.05) is 10.6 Å². The average Bonchev–Trinajstić information content (AvgIpc) is 2.88. The highest BCUT2D eigenvalue weighted by Gasteiger charge is 2.21. The first-order valence-electron chi connectivity index (χ1n) is 10.2. The Balaban J connectivity index is 1.64. The number of carbonyl (C=O) groups is 1. The van der Waals surface area contributed by atoms with Crippen LogP contribution in [-0.4, -0.2) is 15.6 Å². The highest BCUT2D eigenvalue weighted by Crippen LogP contribution is 2.33. The van der Waals surface area contributed by atoms with Crippen molar-refractivity contribution in [2.24, 2.45) is 5.92 Å². The van der Waals surface area contributed by atoms with Crippen LogP contribution in [0.25, 0.3) is 10.2 Å². The number of rotatable bonds is 3. The molecule has 6 nitrogen and oxygen atoms in total. The summed E-state index contributed by atoms with van der Waals surface area (Å²) in [5, 5.41) is 7.13. The number of urea groups is 1. The Morgan fingerprint density at radius 2 is 2.07 bits per heavy atom. The average molecular weight is 411 g/mol. The van der Waals surface area contributed by atoms with Crippen LogP contribution in [0, 0.1) is 12.8 Å². The molecule has 0 bridgehead atoms. The van der Waals surface area contributed by atoms with Crippen LogP contribution in [0.15, 0.2) is 29.1 Å². The summed E-state index contributed by atoms with van der Waals surface area (Å²) in [5.41, 5.74) is 2.67. The molecule has 4 rings (SSSR count). The third-order valence-corrected chi connectivity index (χ3v) is 6.81. The predicted molar refractivity (Wildman–Crippen MR) is 119 cm³/mol. The van der Waals surface area contributed by atoms with Crippen molar-refractivity contribution in [3.05, 3.63) is 51.6 Å². The highest BCUT2D eigenvalue weighted by atomic mass is 32.1. The first kappa shape index (κ1) is 19.6. The number of nitrogens with one attached hydrogen (secondary N) is 2. The smallest absolute Gasteiger partial charge is 0.307 e. The monoisotopic (exact) mass is 410 g/mol. The van der Waals surface area contributed by atoms with E-state index in [1.165, 1.54) is 11.3 Å². The number of thiophene rings is 1. The number of para-hydroxylation sites is 1. The van der Waals surface area contributed by atoms with Gasteiger partial charge in [0.05, 0.1) is 5.39 Å². The molecule has 2 amide bonds. The van der Waals surface area contributed by atoms with Crippen LogP contribution < -0.4 is 16.2 Å². The van der Waals surface area contributed by atoms with E-state index >= 15 is 0 Å². The van der Waals surface area contributed by atoms with Crippen LogP contribution in [-0.2, 0) is 19.4 Å². The summed E-state index contributed by atoms with van der Waals surface area (Å²) >= 11 is 1.37. The van der Waals surface area contributed by atoms with Crippen molar-refractivity contribution >= 4 is 38.3 Å². The molecule has 1 aliphatic rings. The molecule has 0 radical (unpaired) electrons. The summed E-state index contributed by atoms with van der Waals surface area (Å²) in [4.78, 5) is 31.2. The molecule has 1 aromatic carbocycles. The van der Waals surface area contributed by atoms with Gasteiger partial charge in [0, 0.05) is 18.7 Å². The highest BCUT2D eigenvalue weighted by molar-refractivity contribution is 7.22. The van der Waals surface area contributed by atoms with Crippen molar-refractivity contribution in [3.63, 3.8) is 0 Å². The number of carbonyl (C=O) groups excluding carboxylic acids is 1. The Labute approximate surface area is 174 Å². The van der Waals surface area contributed by atoms with Gasteiger partial charge in [0.2, 0.25) is 0 Å². The molecule has 0 fully saturated rings. The lowest BCUT2D eigenvalue weighted by atomic mass is 10.0. The summed E-state index contributed by atoms with van der Waals surface area (Å²) in [6.45, 7) is 6.87. The molecule has 2 N–H and O–H groups in total. The predicted octanol–water partition coefficient (Wildman–Crippen LogP) is 4.95. The summed E-state index contributed by atoms with van der Waals surface area (Å²) in [6, 6.07) is 7.44. The molecule has 1 unspecified atom stereocenters. The maximum atomic E-state index is 13.1. The van der Waals surface area contributed by atoms with Gasteiger partial charge in [0.1, 0.15) is 15.7 Å².